The Balaban J connectivity index is 1.41. The summed E-state index contributed by atoms with van der Waals surface area (Å²) < 4.78 is 1.84. The summed E-state index contributed by atoms with van der Waals surface area (Å²) >= 11 is 1.74. The van der Waals surface area contributed by atoms with E-state index in [0.29, 0.717) is 12.6 Å². The monoisotopic (exact) mass is 347 g/mol. The molecule has 0 aromatic carbocycles. The molecule has 0 unspecified atom stereocenters. The summed E-state index contributed by atoms with van der Waals surface area (Å²) in [6, 6.07) is 4.63. The van der Waals surface area contributed by atoms with Crippen LogP contribution in [0.3, 0.4) is 0 Å². The number of carbonyl (C=O) groups is 1. The van der Waals surface area contributed by atoms with E-state index in [1.165, 1.54) is 5.56 Å². The molecule has 1 aliphatic heterocycles. The fraction of sp³-hybridized carbons (Fsp3) is 0.529. The minimum atomic E-state index is 0.0417. The first kappa shape index (κ1) is 17.0. The van der Waals surface area contributed by atoms with Crippen molar-refractivity contribution in [1.82, 2.24) is 24.9 Å². The first-order valence-corrected chi connectivity index (χ1v) is 9.35. The van der Waals surface area contributed by atoms with E-state index in [4.69, 9.17) is 0 Å². The maximum Gasteiger partial charge on any atom is 0.317 e. The third-order valence-corrected chi connectivity index (χ3v) is 5.46. The van der Waals surface area contributed by atoms with Gasteiger partial charge in [-0.05, 0) is 35.4 Å². The zero-order valence-electron chi connectivity index (χ0n) is 14.3. The standard InChI is InChI=1S/C17H25N5OS/c1-14(15-5-12-24-13-15)21-8-10-22(11-9-21)17(23)18-6-3-16-4-7-19-20(16)2/h4-5,7,12-14H,3,6,8-11H2,1-2H3,(H,18,23)/t14-/m1/s1. The summed E-state index contributed by atoms with van der Waals surface area (Å²) in [4.78, 5) is 16.7. The van der Waals surface area contributed by atoms with Crippen LogP contribution in [0.25, 0.3) is 0 Å². The molecule has 1 fully saturated rings. The summed E-state index contributed by atoms with van der Waals surface area (Å²) in [5.41, 5.74) is 2.50. The zero-order chi connectivity index (χ0) is 16.9. The first-order chi connectivity index (χ1) is 11.6. The second kappa shape index (κ2) is 7.81. The van der Waals surface area contributed by atoms with Crippen LogP contribution >= 0.6 is 11.3 Å². The summed E-state index contributed by atoms with van der Waals surface area (Å²) in [5.74, 6) is 0. The highest BCUT2D eigenvalue weighted by molar-refractivity contribution is 7.07. The van der Waals surface area contributed by atoms with Crippen molar-refractivity contribution >= 4 is 17.4 Å². The van der Waals surface area contributed by atoms with Crippen LogP contribution in [0.4, 0.5) is 4.79 Å². The topological polar surface area (TPSA) is 53.4 Å². The lowest BCUT2D eigenvalue weighted by Crippen LogP contribution is -2.52. The molecule has 1 atom stereocenters. The molecule has 1 aliphatic rings. The van der Waals surface area contributed by atoms with Gasteiger partial charge in [0, 0.05) is 64.1 Å². The van der Waals surface area contributed by atoms with E-state index in [1.807, 2.05) is 22.7 Å². The predicted molar refractivity (Wildman–Crippen MR) is 96.2 cm³/mol. The number of nitrogens with zero attached hydrogens (tertiary/aromatic N) is 4. The number of nitrogens with one attached hydrogen (secondary N) is 1. The Hall–Kier alpha value is -1.86. The molecule has 2 amide bonds. The van der Waals surface area contributed by atoms with Crippen LogP contribution in [0.1, 0.15) is 24.2 Å². The van der Waals surface area contributed by atoms with E-state index < -0.39 is 0 Å². The van der Waals surface area contributed by atoms with E-state index in [9.17, 15) is 4.79 Å². The summed E-state index contributed by atoms with van der Waals surface area (Å²) in [6.07, 6.45) is 2.59. The second-order valence-electron chi connectivity index (χ2n) is 6.18. The van der Waals surface area contributed by atoms with Crippen LogP contribution in [0.15, 0.2) is 29.1 Å². The molecule has 0 radical (unpaired) electrons. The second-order valence-corrected chi connectivity index (χ2v) is 6.96. The van der Waals surface area contributed by atoms with Crippen molar-refractivity contribution < 1.29 is 4.79 Å². The Bertz CT molecular complexity index is 646. The number of aryl methyl sites for hydroxylation is 1. The van der Waals surface area contributed by atoms with Crippen molar-refractivity contribution in [1.29, 1.82) is 0 Å². The fourth-order valence-electron chi connectivity index (χ4n) is 3.09. The lowest BCUT2D eigenvalue weighted by molar-refractivity contribution is 0.114. The summed E-state index contributed by atoms with van der Waals surface area (Å²) in [6.45, 7) is 6.30. The van der Waals surface area contributed by atoms with E-state index >= 15 is 0 Å². The number of amides is 2. The Morgan fingerprint density at radius 2 is 2.12 bits per heavy atom. The highest BCUT2D eigenvalue weighted by Gasteiger charge is 2.24. The van der Waals surface area contributed by atoms with Gasteiger partial charge < -0.3 is 10.2 Å². The third kappa shape index (κ3) is 3.96. The minimum absolute atomic E-state index is 0.0417. The zero-order valence-corrected chi connectivity index (χ0v) is 15.1. The third-order valence-electron chi connectivity index (χ3n) is 4.75. The lowest BCUT2D eigenvalue weighted by atomic mass is 10.1. The Morgan fingerprint density at radius 1 is 1.33 bits per heavy atom. The normalized spacial score (nSPS) is 17.0. The van der Waals surface area contributed by atoms with Gasteiger partial charge in [0.05, 0.1) is 0 Å². The van der Waals surface area contributed by atoms with Crippen LogP contribution in [-0.2, 0) is 13.5 Å². The summed E-state index contributed by atoms with van der Waals surface area (Å²) in [5, 5.41) is 11.5. The molecule has 6 nitrogen and oxygen atoms in total. The van der Waals surface area contributed by atoms with Gasteiger partial charge in [0.25, 0.3) is 0 Å². The molecule has 7 heteroatoms. The lowest BCUT2D eigenvalue weighted by Gasteiger charge is -2.37. The van der Waals surface area contributed by atoms with Crippen molar-refractivity contribution in [2.75, 3.05) is 32.7 Å². The van der Waals surface area contributed by atoms with E-state index in [1.54, 1.807) is 17.5 Å². The number of rotatable bonds is 5. The van der Waals surface area contributed by atoms with E-state index in [-0.39, 0.29) is 6.03 Å². The van der Waals surface area contributed by atoms with Crippen molar-refractivity contribution in [3.05, 3.63) is 40.3 Å². The molecular formula is C17H25N5OS. The molecule has 24 heavy (non-hydrogen) atoms. The van der Waals surface area contributed by atoms with Crippen molar-refractivity contribution in [3.8, 4) is 0 Å². The largest absolute Gasteiger partial charge is 0.338 e. The predicted octanol–water partition coefficient (Wildman–Crippen LogP) is 2.11. The van der Waals surface area contributed by atoms with Gasteiger partial charge in [-0.15, -0.1) is 0 Å². The number of hydrogen-bond acceptors (Lipinski definition) is 4. The maximum absolute atomic E-state index is 12.3. The molecule has 1 N–H and O–H groups in total. The molecule has 3 rings (SSSR count). The molecule has 0 bridgehead atoms. The van der Waals surface area contributed by atoms with Crippen LogP contribution in [0.2, 0.25) is 0 Å². The van der Waals surface area contributed by atoms with Gasteiger partial charge >= 0.3 is 6.03 Å². The molecule has 0 spiro atoms. The first-order valence-electron chi connectivity index (χ1n) is 8.41. The molecule has 3 heterocycles. The average molecular weight is 347 g/mol. The average Bonchev–Trinajstić information content (AvgIpc) is 3.26. The molecular weight excluding hydrogens is 322 g/mol. The molecule has 130 valence electrons. The van der Waals surface area contributed by atoms with Crippen LogP contribution < -0.4 is 5.32 Å². The molecule has 0 saturated carbocycles. The molecule has 2 aromatic heterocycles. The van der Waals surface area contributed by atoms with Gasteiger partial charge in [0.15, 0.2) is 0 Å². The van der Waals surface area contributed by atoms with Gasteiger partial charge in [0.2, 0.25) is 0 Å². The molecule has 2 aromatic rings. The molecule has 1 saturated heterocycles. The SMILES string of the molecule is C[C@H](c1ccsc1)N1CCN(C(=O)NCCc2ccnn2C)CC1. The quantitative estimate of drug-likeness (QED) is 0.901. The fourth-order valence-corrected chi connectivity index (χ4v) is 3.84. The van der Waals surface area contributed by atoms with Crippen molar-refractivity contribution in [2.45, 2.75) is 19.4 Å². The maximum atomic E-state index is 12.3. The Labute approximate surface area is 147 Å². The number of piperazine rings is 1. The smallest absolute Gasteiger partial charge is 0.317 e. The van der Waals surface area contributed by atoms with Crippen LogP contribution in [0.5, 0.6) is 0 Å². The number of thiophene rings is 1. The van der Waals surface area contributed by atoms with E-state index in [2.05, 4.69) is 39.1 Å². The van der Waals surface area contributed by atoms with Gasteiger partial charge in [0.1, 0.15) is 0 Å². The number of urea groups is 1. The highest BCUT2D eigenvalue weighted by Crippen LogP contribution is 2.23. The number of hydrogen-bond donors (Lipinski definition) is 1. The number of aromatic nitrogens is 2. The highest BCUT2D eigenvalue weighted by atomic mass is 32.1. The van der Waals surface area contributed by atoms with Crippen LogP contribution in [0, 0.1) is 0 Å². The van der Waals surface area contributed by atoms with Crippen molar-refractivity contribution in [2.24, 2.45) is 7.05 Å². The van der Waals surface area contributed by atoms with Crippen molar-refractivity contribution in [3.63, 3.8) is 0 Å². The minimum Gasteiger partial charge on any atom is -0.338 e. The van der Waals surface area contributed by atoms with Gasteiger partial charge in [-0.3, -0.25) is 9.58 Å². The van der Waals surface area contributed by atoms with Gasteiger partial charge in [-0.2, -0.15) is 16.4 Å². The van der Waals surface area contributed by atoms with Gasteiger partial charge in [-0.25, -0.2) is 4.79 Å². The van der Waals surface area contributed by atoms with Crippen LogP contribution in [-0.4, -0.2) is 58.3 Å². The Kier molecular flexibility index (Phi) is 5.52. The summed E-state index contributed by atoms with van der Waals surface area (Å²) in [7, 11) is 1.92. The molecule has 0 aliphatic carbocycles. The van der Waals surface area contributed by atoms with Gasteiger partial charge in [-0.1, -0.05) is 0 Å². The Morgan fingerprint density at radius 3 is 2.75 bits per heavy atom. The van der Waals surface area contributed by atoms with E-state index in [0.717, 1.165) is 38.3 Å². The number of carbonyl (C=O) groups excluding carboxylic acids is 1.